The molecule has 0 saturated carbocycles. The zero-order valence-electron chi connectivity index (χ0n) is 10.9. The Hall–Kier alpha value is -1.55. The van der Waals surface area contributed by atoms with Crippen LogP contribution in [0, 0.1) is 0 Å². The summed E-state index contributed by atoms with van der Waals surface area (Å²) in [5, 5.41) is 3.58. The molecule has 96 valence electrons. The molecule has 0 saturated heterocycles. The minimum atomic E-state index is 0.0163. The van der Waals surface area contributed by atoms with Crippen LogP contribution >= 0.6 is 0 Å². The van der Waals surface area contributed by atoms with Gasteiger partial charge in [0.15, 0.2) is 0 Å². The summed E-state index contributed by atoms with van der Waals surface area (Å²) in [4.78, 5) is 14.9. The maximum atomic E-state index is 11.9. The van der Waals surface area contributed by atoms with Crippen molar-refractivity contribution in [2.45, 2.75) is 45.3 Å². The smallest absolute Gasteiger partial charge is 0.311 e. The molecule has 2 aromatic rings. The average Bonchev–Trinajstić information content (AvgIpc) is 2.51. The Bertz CT molecular complexity index is 623. The number of aromatic amines is 1. The van der Waals surface area contributed by atoms with E-state index in [0.29, 0.717) is 12.1 Å². The van der Waals surface area contributed by atoms with Gasteiger partial charge in [-0.2, -0.15) is 0 Å². The van der Waals surface area contributed by atoms with Gasteiger partial charge in [-0.05, 0) is 24.5 Å². The van der Waals surface area contributed by atoms with Crippen molar-refractivity contribution in [3.8, 4) is 0 Å². The third-order valence-corrected chi connectivity index (χ3v) is 3.61. The Kier molecular flexibility index (Phi) is 2.74. The van der Waals surface area contributed by atoms with Gasteiger partial charge in [0.1, 0.15) is 0 Å². The first-order chi connectivity index (χ1) is 8.65. The number of benzene rings is 1. The third-order valence-electron chi connectivity index (χ3n) is 3.61. The number of imidazole rings is 1. The number of hydrogen-bond donors (Lipinski definition) is 2. The first-order valence-corrected chi connectivity index (χ1v) is 6.61. The van der Waals surface area contributed by atoms with E-state index in [9.17, 15) is 4.79 Å². The van der Waals surface area contributed by atoms with E-state index in [1.54, 1.807) is 0 Å². The van der Waals surface area contributed by atoms with Gasteiger partial charge in [0.2, 0.25) is 0 Å². The first-order valence-electron chi connectivity index (χ1n) is 6.61. The first kappa shape index (κ1) is 11.5. The predicted molar refractivity (Wildman–Crippen MR) is 72.9 cm³/mol. The second-order valence-corrected chi connectivity index (χ2v) is 5.41. The Morgan fingerprint density at radius 3 is 3.06 bits per heavy atom. The summed E-state index contributed by atoms with van der Waals surface area (Å²) in [5.74, 6) is 0. The molecule has 0 aliphatic carbocycles. The molecular formula is C14H19N3O. The number of para-hydroxylation sites is 1. The van der Waals surface area contributed by atoms with Gasteiger partial charge in [0.25, 0.3) is 0 Å². The van der Waals surface area contributed by atoms with Crippen LogP contribution in [0.2, 0.25) is 0 Å². The fraction of sp³-hybridized carbons (Fsp3) is 0.500. The Labute approximate surface area is 106 Å². The van der Waals surface area contributed by atoms with Crippen molar-refractivity contribution < 1.29 is 0 Å². The standard InChI is InChI=1S/C14H19N3O/c1-9(2)15-11-6-7-17-13-10(8-11)4-3-5-12(13)16-14(17)18/h3-5,9,11,15H,6-8H2,1-2H3,(H,16,18). The molecule has 1 aromatic heterocycles. The molecule has 0 bridgehead atoms. The largest absolute Gasteiger partial charge is 0.326 e. The average molecular weight is 245 g/mol. The molecule has 0 fully saturated rings. The minimum Gasteiger partial charge on any atom is -0.311 e. The minimum absolute atomic E-state index is 0.0163. The van der Waals surface area contributed by atoms with Crippen molar-refractivity contribution >= 4 is 11.0 Å². The molecule has 0 amide bonds. The van der Waals surface area contributed by atoms with Crippen molar-refractivity contribution in [2.75, 3.05) is 0 Å². The third kappa shape index (κ3) is 1.86. The fourth-order valence-electron chi connectivity index (χ4n) is 2.94. The lowest BCUT2D eigenvalue weighted by atomic mass is 10.0. The molecule has 1 atom stereocenters. The molecule has 3 rings (SSSR count). The highest BCUT2D eigenvalue weighted by Crippen LogP contribution is 2.22. The van der Waals surface area contributed by atoms with Gasteiger partial charge in [-0.3, -0.25) is 4.57 Å². The number of aromatic nitrogens is 2. The van der Waals surface area contributed by atoms with Gasteiger partial charge in [-0.15, -0.1) is 0 Å². The van der Waals surface area contributed by atoms with Crippen LogP contribution in [-0.2, 0) is 13.0 Å². The molecule has 1 aliphatic rings. The Morgan fingerprint density at radius 2 is 2.28 bits per heavy atom. The van der Waals surface area contributed by atoms with Crippen LogP contribution in [0.5, 0.6) is 0 Å². The molecule has 2 heterocycles. The lowest BCUT2D eigenvalue weighted by Gasteiger charge is -2.19. The number of aryl methyl sites for hydroxylation is 1. The zero-order valence-corrected chi connectivity index (χ0v) is 10.9. The fourth-order valence-corrected chi connectivity index (χ4v) is 2.94. The molecule has 1 aromatic carbocycles. The van der Waals surface area contributed by atoms with Crippen molar-refractivity contribution in [3.05, 3.63) is 34.2 Å². The van der Waals surface area contributed by atoms with Gasteiger partial charge < -0.3 is 10.3 Å². The highest BCUT2D eigenvalue weighted by Gasteiger charge is 2.20. The van der Waals surface area contributed by atoms with E-state index in [-0.39, 0.29) is 5.69 Å². The van der Waals surface area contributed by atoms with Crippen LogP contribution in [0.3, 0.4) is 0 Å². The number of hydrogen-bond acceptors (Lipinski definition) is 2. The van der Waals surface area contributed by atoms with E-state index in [0.717, 1.165) is 30.4 Å². The van der Waals surface area contributed by atoms with Crippen LogP contribution in [0.25, 0.3) is 11.0 Å². The summed E-state index contributed by atoms with van der Waals surface area (Å²) >= 11 is 0. The maximum Gasteiger partial charge on any atom is 0.326 e. The maximum absolute atomic E-state index is 11.9. The summed E-state index contributed by atoms with van der Waals surface area (Å²) in [6.45, 7) is 5.12. The topological polar surface area (TPSA) is 49.8 Å². The van der Waals surface area contributed by atoms with E-state index in [1.807, 2.05) is 16.7 Å². The number of nitrogens with zero attached hydrogens (tertiary/aromatic N) is 1. The number of rotatable bonds is 2. The van der Waals surface area contributed by atoms with Gasteiger partial charge in [-0.1, -0.05) is 26.0 Å². The number of H-pyrrole nitrogens is 1. The Balaban J connectivity index is 2.06. The quantitative estimate of drug-likeness (QED) is 0.845. The summed E-state index contributed by atoms with van der Waals surface area (Å²) < 4.78 is 1.88. The zero-order chi connectivity index (χ0) is 12.7. The monoisotopic (exact) mass is 245 g/mol. The van der Waals surface area contributed by atoms with Crippen molar-refractivity contribution in [1.82, 2.24) is 14.9 Å². The summed E-state index contributed by atoms with van der Waals surface area (Å²) in [6, 6.07) is 7.06. The van der Waals surface area contributed by atoms with E-state index < -0.39 is 0 Å². The van der Waals surface area contributed by atoms with Gasteiger partial charge >= 0.3 is 5.69 Å². The van der Waals surface area contributed by atoms with Gasteiger partial charge in [0, 0.05) is 18.6 Å². The highest BCUT2D eigenvalue weighted by molar-refractivity contribution is 5.79. The van der Waals surface area contributed by atoms with E-state index in [4.69, 9.17) is 0 Å². The van der Waals surface area contributed by atoms with Crippen LogP contribution in [-0.4, -0.2) is 21.6 Å². The Morgan fingerprint density at radius 1 is 1.44 bits per heavy atom. The second kappa shape index (κ2) is 4.28. The summed E-state index contributed by atoms with van der Waals surface area (Å²) in [6.07, 6.45) is 1.99. The van der Waals surface area contributed by atoms with E-state index in [2.05, 4.69) is 30.2 Å². The lowest BCUT2D eigenvalue weighted by molar-refractivity contribution is 0.422. The SMILES string of the molecule is CC(C)NC1CCn2c(=O)[nH]c3cccc(c32)C1. The summed E-state index contributed by atoms with van der Waals surface area (Å²) in [7, 11) is 0. The number of nitrogens with one attached hydrogen (secondary N) is 2. The molecule has 1 unspecified atom stereocenters. The van der Waals surface area contributed by atoms with Gasteiger partial charge in [-0.25, -0.2) is 4.79 Å². The van der Waals surface area contributed by atoms with Crippen LogP contribution in [0.4, 0.5) is 0 Å². The van der Waals surface area contributed by atoms with Crippen molar-refractivity contribution in [1.29, 1.82) is 0 Å². The molecule has 0 spiro atoms. The van der Waals surface area contributed by atoms with Crippen LogP contribution < -0.4 is 11.0 Å². The molecule has 2 N–H and O–H groups in total. The molecule has 1 aliphatic heterocycles. The normalized spacial score (nSPS) is 19.4. The summed E-state index contributed by atoms with van der Waals surface area (Å²) in [5.41, 5.74) is 3.34. The molecule has 0 radical (unpaired) electrons. The van der Waals surface area contributed by atoms with Gasteiger partial charge in [0.05, 0.1) is 11.0 Å². The second-order valence-electron chi connectivity index (χ2n) is 5.41. The molecule has 4 nitrogen and oxygen atoms in total. The van der Waals surface area contributed by atoms with Crippen LogP contribution in [0.1, 0.15) is 25.8 Å². The van der Waals surface area contributed by atoms with E-state index in [1.165, 1.54) is 5.56 Å². The lowest BCUT2D eigenvalue weighted by Crippen LogP contribution is -2.36. The predicted octanol–water partition coefficient (Wildman–Crippen LogP) is 1.64. The molecule has 18 heavy (non-hydrogen) atoms. The van der Waals surface area contributed by atoms with Crippen LogP contribution in [0.15, 0.2) is 23.0 Å². The molecular weight excluding hydrogens is 226 g/mol. The van der Waals surface area contributed by atoms with Crippen molar-refractivity contribution in [2.24, 2.45) is 0 Å². The van der Waals surface area contributed by atoms with E-state index >= 15 is 0 Å². The van der Waals surface area contributed by atoms with Crippen molar-refractivity contribution in [3.63, 3.8) is 0 Å². The molecule has 4 heteroatoms. The highest BCUT2D eigenvalue weighted by atomic mass is 16.1.